The molecule has 0 spiro atoms. The second-order valence-electron chi connectivity index (χ2n) is 5.91. The molecular weight excluding hydrogens is 382 g/mol. The fourth-order valence-electron chi connectivity index (χ4n) is 2.53. The molecule has 0 atom stereocenters. The van der Waals surface area contributed by atoms with Gasteiger partial charge >= 0.3 is 5.97 Å². The van der Waals surface area contributed by atoms with E-state index in [0.717, 1.165) is 0 Å². The minimum absolute atomic E-state index is 0.0899. The van der Waals surface area contributed by atoms with E-state index in [1.807, 2.05) is 13.8 Å². The number of carbonyl (C=O) groups excluding carboxylic acids is 3. The molecule has 2 amide bonds. The van der Waals surface area contributed by atoms with Gasteiger partial charge in [0.2, 0.25) is 0 Å². The maximum Gasteiger partial charge on any atom is 0.340 e. The molecule has 148 valence electrons. The number of nitrogens with one attached hydrogen (secondary N) is 1. The number of benzene rings is 2. The van der Waals surface area contributed by atoms with Gasteiger partial charge in [0.15, 0.2) is 6.61 Å². The van der Waals surface area contributed by atoms with Crippen LogP contribution in [0, 0.1) is 0 Å². The molecule has 3 N–H and O–H groups in total. The molecule has 8 heteroatoms. The number of nitrogens with two attached hydrogens (primary N) is 1. The Morgan fingerprint density at radius 1 is 1.11 bits per heavy atom. The molecule has 0 aliphatic carbocycles. The van der Waals surface area contributed by atoms with Crippen LogP contribution in [0.15, 0.2) is 42.5 Å². The van der Waals surface area contributed by atoms with Gasteiger partial charge in [-0.1, -0.05) is 17.7 Å². The first kappa shape index (κ1) is 21.2. The molecule has 28 heavy (non-hydrogen) atoms. The van der Waals surface area contributed by atoms with Gasteiger partial charge in [-0.2, -0.15) is 0 Å². The highest BCUT2D eigenvalue weighted by atomic mass is 35.5. The highest BCUT2D eigenvalue weighted by Gasteiger charge is 2.15. The topological polar surface area (TPSA) is 102 Å². The maximum atomic E-state index is 12.4. The predicted molar refractivity (Wildman–Crippen MR) is 108 cm³/mol. The van der Waals surface area contributed by atoms with E-state index in [-0.39, 0.29) is 17.2 Å². The van der Waals surface area contributed by atoms with Crippen molar-refractivity contribution in [2.75, 3.05) is 30.7 Å². The van der Waals surface area contributed by atoms with Gasteiger partial charge in [-0.05, 0) is 50.2 Å². The van der Waals surface area contributed by atoms with E-state index in [4.69, 9.17) is 22.1 Å². The van der Waals surface area contributed by atoms with Gasteiger partial charge in [-0.25, -0.2) is 4.79 Å². The number of rotatable bonds is 7. The molecule has 0 aliphatic rings. The lowest BCUT2D eigenvalue weighted by Gasteiger charge is -2.19. The van der Waals surface area contributed by atoms with E-state index in [2.05, 4.69) is 5.32 Å². The van der Waals surface area contributed by atoms with Crippen LogP contribution in [0.1, 0.15) is 34.6 Å². The van der Waals surface area contributed by atoms with Gasteiger partial charge in [-0.3, -0.25) is 9.59 Å². The Bertz CT molecular complexity index is 882. The largest absolute Gasteiger partial charge is 0.452 e. The van der Waals surface area contributed by atoms with E-state index < -0.39 is 18.5 Å². The molecule has 2 rings (SSSR count). The van der Waals surface area contributed by atoms with Crippen molar-refractivity contribution >= 4 is 40.8 Å². The smallest absolute Gasteiger partial charge is 0.340 e. The molecule has 0 radical (unpaired) electrons. The summed E-state index contributed by atoms with van der Waals surface area (Å²) in [5, 5.41) is 2.93. The standard InChI is InChI=1S/C20H22ClN3O4/c1-3-24(4-2)19(26)13-6-5-7-15(10-13)23-18(25)12-28-20(27)16-11-14(21)8-9-17(16)22/h5-11H,3-4,12,22H2,1-2H3,(H,23,25). The highest BCUT2D eigenvalue weighted by Crippen LogP contribution is 2.19. The summed E-state index contributed by atoms with van der Waals surface area (Å²) in [6.07, 6.45) is 0. The van der Waals surface area contributed by atoms with E-state index in [0.29, 0.717) is 29.4 Å². The number of anilines is 2. The zero-order valence-electron chi connectivity index (χ0n) is 15.7. The Kier molecular flexibility index (Phi) is 7.40. The van der Waals surface area contributed by atoms with Crippen molar-refractivity contribution in [1.29, 1.82) is 0 Å². The Morgan fingerprint density at radius 2 is 1.82 bits per heavy atom. The molecule has 0 unspecified atom stereocenters. The van der Waals surface area contributed by atoms with Gasteiger partial charge in [0.05, 0.1) is 5.56 Å². The predicted octanol–water partition coefficient (Wildman–Crippen LogP) is 3.20. The van der Waals surface area contributed by atoms with Crippen LogP contribution in [-0.2, 0) is 9.53 Å². The monoisotopic (exact) mass is 403 g/mol. The molecular formula is C20H22ClN3O4. The number of nitrogens with zero attached hydrogens (tertiary/aromatic N) is 1. The van der Waals surface area contributed by atoms with Crippen LogP contribution < -0.4 is 11.1 Å². The Labute approximate surface area is 168 Å². The third kappa shape index (κ3) is 5.47. The number of carbonyl (C=O) groups is 3. The quantitative estimate of drug-likeness (QED) is 0.546. The summed E-state index contributed by atoms with van der Waals surface area (Å²) in [6.45, 7) is 4.48. The molecule has 2 aromatic rings. The second kappa shape index (κ2) is 9.75. The Balaban J connectivity index is 1.98. The molecule has 0 aromatic heterocycles. The number of hydrogen-bond donors (Lipinski definition) is 2. The van der Waals surface area contributed by atoms with Crippen LogP contribution in [0.3, 0.4) is 0 Å². The lowest BCUT2D eigenvalue weighted by Crippen LogP contribution is -2.30. The van der Waals surface area contributed by atoms with E-state index in [1.165, 1.54) is 12.1 Å². The minimum Gasteiger partial charge on any atom is -0.452 e. The summed E-state index contributed by atoms with van der Waals surface area (Å²) in [5.41, 5.74) is 6.91. The first-order valence-corrected chi connectivity index (χ1v) is 9.14. The molecule has 0 fully saturated rings. The van der Waals surface area contributed by atoms with Crippen LogP contribution in [0.25, 0.3) is 0 Å². The second-order valence-corrected chi connectivity index (χ2v) is 6.35. The SMILES string of the molecule is CCN(CC)C(=O)c1cccc(NC(=O)COC(=O)c2cc(Cl)ccc2N)c1. The number of hydrogen-bond acceptors (Lipinski definition) is 5. The van der Waals surface area contributed by atoms with Gasteiger partial charge in [0.25, 0.3) is 11.8 Å². The average molecular weight is 404 g/mol. The number of ether oxygens (including phenoxy) is 1. The van der Waals surface area contributed by atoms with Crippen molar-refractivity contribution in [3.63, 3.8) is 0 Å². The number of amides is 2. The summed E-state index contributed by atoms with van der Waals surface area (Å²) in [5.74, 6) is -1.41. The van der Waals surface area contributed by atoms with Gasteiger partial charge in [-0.15, -0.1) is 0 Å². The number of nitrogen functional groups attached to an aromatic ring is 1. The summed E-state index contributed by atoms with van der Waals surface area (Å²) < 4.78 is 4.98. The molecule has 2 aromatic carbocycles. The van der Waals surface area contributed by atoms with Crippen molar-refractivity contribution in [2.45, 2.75) is 13.8 Å². The lowest BCUT2D eigenvalue weighted by molar-refractivity contribution is -0.119. The van der Waals surface area contributed by atoms with E-state index >= 15 is 0 Å². The number of esters is 1. The summed E-state index contributed by atoms with van der Waals surface area (Å²) in [4.78, 5) is 38.2. The molecule has 0 aliphatic heterocycles. The fourth-order valence-corrected chi connectivity index (χ4v) is 2.71. The normalized spacial score (nSPS) is 10.2. The lowest BCUT2D eigenvalue weighted by atomic mass is 10.1. The van der Waals surface area contributed by atoms with Gasteiger partial charge in [0.1, 0.15) is 0 Å². The Hall–Kier alpha value is -3.06. The summed E-state index contributed by atoms with van der Waals surface area (Å²) in [6, 6.07) is 11.0. The molecule has 0 saturated carbocycles. The first-order chi connectivity index (χ1) is 13.3. The van der Waals surface area contributed by atoms with Crippen LogP contribution >= 0.6 is 11.6 Å². The maximum absolute atomic E-state index is 12.4. The zero-order chi connectivity index (χ0) is 20.7. The minimum atomic E-state index is -0.749. The molecule has 0 heterocycles. The van der Waals surface area contributed by atoms with Crippen LogP contribution in [-0.4, -0.2) is 42.4 Å². The molecule has 0 saturated heterocycles. The van der Waals surface area contributed by atoms with Crippen molar-refractivity contribution in [3.8, 4) is 0 Å². The first-order valence-electron chi connectivity index (χ1n) is 8.77. The van der Waals surface area contributed by atoms with Crippen molar-refractivity contribution < 1.29 is 19.1 Å². The third-order valence-electron chi connectivity index (χ3n) is 4.01. The third-order valence-corrected chi connectivity index (χ3v) is 4.25. The van der Waals surface area contributed by atoms with Crippen LogP contribution in [0.2, 0.25) is 5.02 Å². The fraction of sp³-hybridized carbons (Fsp3) is 0.250. The van der Waals surface area contributed by atoms with Gasteiger partial charge < -0.3 is 20.7 Å². The van der Waals surface area contributed by atoms with Gasteiger partial charge in [0, 0.05) is 35.1 Å². The Morgan fingerprint density at radius 3 is 2.50 bits per heavy atom. The zero-order valence-corrected chi connectivity index (χ0v) is 16.5. The van der Waals surface area contributed by atoms with Crippen molar-refractivity contribution in [1.82, 2.24) is 4.90 Å². The summed E-state index contributed by atoms with van der Waals surface area (Å²) >= 11 is 5.84. The molecule has 0 bridgehead atoms. The summed E-state index contributed by atoms with van der Waals surface area (Å²) in [7, 11) is 0. The number of halogens is 1. The van der Waals surface area contributed by atoms with E-state index in [9.17, 15) is 14.4 Å². The van der Waals surface area contributed by atoms with Crippen molar-refractivity contribution in [3.05, 3.63) is 58.6 Å². The average Bonchev–Trinajstić information content (AvgIpc) is 2.69. The van der Waals surface area contributed by atoms with E-state index in [1.54, 1.807) is 35.2 Å². The molecule has 7 nitrogen and oxygen atoms in total. The van der Waals surface area contributed by atoms with Crippen molar-refractivity contribution in [2.24, 2.45) is 0 Å². The van der Waals surface area contributed by atoms with Crippen LogP contribution in [0.5, 0.6) is 0 Å². The van der Waals surface area contributed by atoms with Crippen LogP contribution in [0.4, 0.5) is 11.4 Å². The highest BCUT2D eigenvalue weighted by molar-refractivity contribution is 6.31.